The molecule has 2 aliphatic heterocycles. The first-order valence-corrected chi connectivity index (χ1v) is 8.65. The Hall–Kier alpha value is -2.14. The van der Waals surface area contributed by atoms with E-state index in [9.17, 15) is 14.7 Å². The highest BCUT2D eigenvalue weighted by Crippen LogP contribution is 2.41. The molecule has 2 aromatic rings. The van der Waals surface area contributed by atoms with Crippen molar-refractivity contribution in [2.24, 2.45) is 0 Å². The Morgan fingerprint density at radius 1 is 1.48 bits per heavy atom. The van der Waals surface area contributed by atoms with Crippen molar-refractivity contribution in [3.8, 4) is 0 Å². The average molecular weight is 350 g/mol. The second kappa shape index (κ2) is 5.49. The Bertz CT molecular complexity index is 837. The van der Waals surface area contributed by atoms with Gasteiger partial charge in [0.2, 0.25) is 5.91 Å². The van der Waals surface area contributed by atoms with Crippen LogP contribution >= 0.6 is 23.5 Å². The number of carboxylic acid groups (broad SMARTS) is 1. The zero-order chi connectivity index (χ0) is 16.0. The number of nitrogens with zero attached hydrogens (tertiary/aromatic N) is 6. The summed E-state index contributed by atoms with van der Waals surface area (Å²) in [5.74, 6) is -0.541. The number of β-lactam (4-membered cyclic amide) rings is 1. The van der Waals surface area contributed by atoms with E-state index in [2.05, 4.69) is 20.6 Å². The van der Waals surface area contributed by atoms with Crippen LogP contribution in [0.1, 0.15) is 6.42 Å². The number of hydrogen-bond donors (Lipinski definition) is 1. The molecule has 23 heavy (non-hydrogen) atoms. The van der Waals surface area contributed by atoms with Crippen molar-refractivity contribution in [3.63, 3.8) is 0 Å². The van der Waals surface area contributed by atoms with Crippen LogP contribution in [0.4, 0.5) is 0 Å². The minimum Gasteiger partial charge on any atom is -0.477 e. The van der Waals surface area contributed by atoms with Crippen LogP contribution in [0.25, 0.3) is 5.65 Å². The van der Waals surface area contributed by atoms with E-state index in [1.807, 2.05) is 6.07 Å². The molecule has 9 nitrogen and oxygen atoms in total. The molecule has 4 rings (SSSR count). The molecule has 0 spiro atoms. The number of rotatable bonds is 4. The molecule has 118 valence electrons. The smallest absolute Gasteiger partial charge is 0.352 e. The molecule has 1 saturated heterocycles. The summed E-state index contributed by atoms with van der Waals surface area (Å²) >= 11 is 3.10. The SMILES string of the molecule is O=C(O)C1=CC(CSc2ccc3nnnn3n2)S[C@@H]2CC(=O)N12. The molecular weight excluding hydrogens is 340 g/mol. The molecular formula is C12H10N6O3S2. The normalized spacial score (nSPS) is 23.4. The van der Waals surface area contributed by atoms with Gasteiger partial charge in [-0.3, -0.25) is 9.69 Å². The predicted molar refractivity (Wildman–Crippen MR) is 81.6 cm³/mol. The van der Waals surface area contributed by atoms with Gasteiger partial charge in [-0.05, 0) is 28.6 Å². The molecule has 4 heterocycles. The minimum atomic E-state index is -1.06. The highest BCUT2D eigenvalue weighted by atomic mass is 32.2. The fourth-order valence-electron chi connectivity index (χ4n) is 2.42. The molecule has 1 fully saturated rings. The maximum absolute atomic E-state index is 11.5. The van der Waals surface area contributed by atoms with Crippen molar-refractivity contribution in [3.05, 3.63) is 23.9 Å². The summed E-state index contributed by atoms with van der Waals surface area (Å²) in [7, 11) is 0. The van der Waals surface area contributed by atoms with Crippen molar-refractivity contribution in [1.29, 1.82) is 0 Å². The minimum absolute atomic E-state index is 0.00631. The summed E-state index contributed by atoms with van der Waals surface area (Å²) in [6, 6.07) is 3.60. The van der Waals surface area contributed by atoms with Crippen LogP contribution in [-0.2, 0) is 9.59 Å². The molecule has 2 aliphatic rings. The molecule has 0 aliphatic carbocycles. The maximum atomic E-state index is 11.5. The van der Waals surface area contributed by atoms with Gasteiger partial charge in [0, 0.05) is 11.0 Å². The van der Waals surface area contributed by atoms with E-state index < -0.39 is 5.97 Å². The van der Waals surface area contributed by atoms with Gasteiger partial charge in [0.1, 0.15) is 10.7 Å². The number of thioether (sulfide) groups is 2. The molecule has 1 amide bonds. The van der Waals surface area contributed by atoms with Crippen LogP contribution in [-0.4, -0.2) is 63.5 Å². The first-order chi connectivity index (χ1) is 11.1. The second-order valence-corrected chi connectivity index (χ2v) is 7.43. The average Bonchev–Trinajstić information content (AvgIpc) is 2.98. The van der Waals surface area contributed by atoms with Crippen LogP contribution in [0.5, 0.6) is 0 Å². The first-order valence-electron chi connectivity index (χ1n) is 6.73. The molecule has 2 aromatic heterocycles. The summed E-state index contributed by atoms with van der Waals surface area (Å²) < 4.78 is 1.35. The topological polar surface area (TPSA) is 114 Å². The van der Waals surface area contributed by atoms with Gasteiger partial charge in [-0.25, -0.2) is 4.79 Å². The predicted octanol–water partition coefficient (Wildman–Crippen LogP) is 0.254. The lowest BCUT2D eigenvalue weighted by atomic mass is 10.1. The number of aliphatic carboxylic acids is 1. The number of carbonyl (C=O) groups excluding carboxylic acids is 1. The lowest BCUT2D eigenvalue weighted by Crippen LogP contribution is -2.54. The van der Waals surface area contributed by atoms with E-state index in [1.54, 1.807) is 23.9 Å². The van der Waals surface area contributed by atoms with Crippen molar-refractivity contribution < 1.29 is 14.7 Å². The molecule has 0 bridgehead atoms. The van der Waals surface area contributed by atoms with E-state index in [1.165, 1.54) is 21.3 Å². The zero-order valence-electron chi connectivity index (χ0n) is 11.6. The van der Waals surface area contributed by atoms with Crippen molar-refractivity contribution in [1.82, 2.24) is 30.2 Å². The van der Waals surface area contributed by atoms with Crippen LogP contribution < -0.4 is 0 Å². The molecule has 11 heteroatoms. The summed E-state index contributed by atoms with van der Waals surface area (Å²) in [5.41, 5.74) is 0.651. The molecule has 0 radical (unpaired) electrons. The van der Waals surface area contributed by atoms with Gasteiger partial charge in [-0.15, -0.1) is 38.4 Å². The number of hydrogen-bond acceptors (Lipinski definition) is 8. The number of amides is 1. The quantitative estimate of drug-likeness (QED) is 0.612. The van der Waals surface area contributed by atoms with Gasteiger partial charge in [-0.2, -0.15) is 0 Å². The fourth-order valence-corrected chi connectivity index (χ4v) is 4.87. The standard InChI is InChI=1S/C12H10N6O3S2/c19-10-4-11-17(10)7(12(20)21)3-6(23-11)5-22-9-2-1-8-13-15-16-18(8)14-9/h1-3,6,11H,4-5H2,(H,20,21)/t6?,11-/m1/s1. The third kappa shape index (κ3) is 2.55. The van der Waals surface area contributed by atoms with E-state index in [-0.39, 0.29) is 22.2 Å². The number of carbonyl (C=O) groups is 2. The van der Waals surface area contributed by atoms with E-state index in [0.717, 1.165) is 5.03 Å². The van der Waals surface area contributed by atoms with Crippen LogP contribution in [0.15, 0.2) is 28.9 Å². The highest BCUT2D eigenvalue weighted by Gasteiger charge is 2.45. The number of aromatic nitrogens is 5. The lowest BCUT2D eigenvalue weighted by Gasteiger charge is -2.44. The fraction of sp³-hybridized carbons (Fsp3) is 0.333. The van der Waals surface area contributed by atoms with Gasteiger partial charge in [0.15, 0.2) is 5.65 Å². The van der Waals surface area contributed by atoms with Gasteiger partial charge in [-0.1, -0.05) is 0 Å². The second-order valence-electron chi connectivity index (χ2n) is 4.96. The third-order valence-corrected chi connectivity index (χ3v) is 6.10. The molecule has 0 saturated carbocycles. The Labute approximate surface area is 138 Å². The van der Waals surface area contributed by atoms with Crippen LogP contribution in [0.3, 0.4) is 0 Å². The molecule has 0 aromatic carbocycles. The van der Waals surface area contributed by atoms with E-state index in [0.29, 0.717) is 17.8 Å². The van der Waals surface area contributed by atoms with Gasteiger partial charge < -0.3 is 5.11 Å². The maximum Gasteiger partial charge on any atom is 0.352 e. The Kier molecular flexibility index (Phi) is 3.45. The summed E-state index contributed by atoms with van der Waals surface area (Å²) in [4.78, 5) is 24.2. The zero-order valence-corrected chi connectivity index (χ0v) is 13.2. The van der Waals surface area contributed by atoms with Gasteiger partial charge >= 0.3 is 5.97 Å². The van der Waals surface area contributed by atoms with Crippen LogP contribution in [0.2, 0.25) is 0 Å². The van der Waals surface area contributed by atoms with Gasteiger partial charge in [0.05, 0.1) is 11.8 Å². The van der Waals surface area contributed by atoms with Crippen molar-refractivity contribution in [2.45, 2.75) is 22.1 Å². The molecule has 1 N–H and O–H groups in total. The van der Waals surface area contributed by atoms with Crippen LogP contribution in [0, 0.1) is 0 Å². The lowest BCUT2D eigenvalue weighted by molar-refractivity contribution is -0.146. The first kappa shape index (κ1) is 14.5. The van der Waals surface area contributed by atoms with Crippen molar-refractivity contribution >= 4 is 41.0 Å². The monoisotopic (exact) mass is 350 g/mol. The number of fused-ring (bicyclic) bond motifs is 2. The number of tetrazole rings is 1. The third-order valence-electron chi connectivity index (χ3n) is 3.50. The Balaban J connectivity index is 1.49. The summed E-state index contributed by atoms with van der Waals surface area (Å²) in [6.45, 7) is 0. The summed E-state index contributed by atoms with van der Waals surface area (Å²) in [5, 5.41) is 25.3. The van der Waals surface area contributed by atoms with E-state index in [4.69, 9.17) is 0 Å². The van der Waals surface area contributed by atoms with E-state index >= 15 is 0 Å². The number of carboxylic acids is 1. The Morgan fingerprint density at radius 2 is 2.35 bits per heavy atom. The Morgan fingerprint density at radius 3 is 3.13 bits per heavy atom. The highest BCUT2D eigenvalue weighted by molar-refractivity contribution is 8.03. The summed E-state index contributed by atoms with van der Waals surface area (Å²) in [6.07, 6.45) is 2.04. The largest absolute Gasteiger partial charge is 0.477 e. The van der Waals surface area contributed by atoms with Gasteiger partial charge in [0.25, 0.3) is 0 Å². The van der Waals surface area contributed by atoms with Crippen molar-refractivity contribution in [2.75, 3.05) is 5.75 Å². The molecule has 2 atom stereocenters. The molecule has 1 unspecified atom stereocenters.